The SMILES string of the molecule is COCC(CO)NC(=O)C(C)Oc1ccc(Cl)cc1C. The lowest BCUT2D eigenvalue weighted by Gasteiger charge is -2.20. The summed E-state index contributed by atoms with van der Waals surface area (Å²) in [7, 11) is 1.51. The molecule has 2 atom stereocenters. The van der Waals surface area contributed by atoms with Gasteiger partial charge in [-0.3, -0.25) is 4.79 Å². The van der Waals surface area contributed by atoms with Crippen LogP contribution in [0.25, 0.3) is 0 Å². The molecule has 6 heteroatoms. The van der Waals surface area contributed by atoms with Crippen LogP contribution in [-0.2, 0) is 9.53 Å². The minimum atomic E-state index is -0.680. The Morgan fingerprint density at radius 3 is 2.75 bits per heavy atom. The molecule has 112 valence electrons. The van der Waals surface area contributed by atoms with Crippen LogP contribution in [0.15, 0.2) is 18.2 Å². The van der Waals surface area contributed by atoms with Gasteiger partial charge in [0.05, 0.1) is 19.3 Å². The zero-order chi connectivity index (χ0) is 15.1. The lowest BCUT2D eigenvalue weighted by Crippen LogP contribution is -2.46. The van der Waals surface area contributed by atoms with Crippen molar-refractivity contribution < 1.29 is 19.4 Å². The lowest BCUT2D eigenvalue weighted by molar-refractivity contribution is -0.128. The van der Waals surface area contributed by atoms with Crippen molar-refractivity contribution >= 4 is 17.5 Å². The first kappa shape index (κ1) is 16.8. The van der Waals surface area contributed by atoms with Crippen molar-refractivity contribution in [3.8, 4) is 5.75 Å². The van der Waals surface area contributed by atoms with Gasteiger partial charge in [0, 0.05) is 12.1 Å². The fourth-order valence-electron chi connectivity index (χ4n) is 1.65. The van der Waals surface area contributed by atoms with Crippen LogP contribution in [0.4, 0.5) is 0 Å². The van der Waals surface area contributed by atoms with Crippen LogP contribution in [0.2, 0.25) is 5.02 Å². The third-order valence-electron chi connectivity index (χ3n) is 2.74. The zero-order valence-electron chi connectivity index (χ0n) is 11.9. The largest absolute Gasteiger partial charge is 0.481 e. The minimum Gasteiger partial charge on any atom is -0.481 e. The fourth-order valence-corrected chi connectivity index (χ4v) is 1.88. The molecule has 0 aliphatic rings. The molecule has 5 nitrogen and oxygen atoms in total. The van der Waals surface area contributed by atoms with Crippen LogP contribution in [-0.4, -0.2) is 43.5 Å². The number of aliphatic hydroxyl groups is 1. The van der Waals surface area contributed by atoms with E-state index in [1.54, 1.807) is 25.1 Å². The summed E-state index contributed by atoms with van der Waals surface area (Å²) in [4.78, 5) is 11.9. The van der Waals surface area contributed by atoms with Gasteiger partial charge in [-0.25, -0.2) is 0 Å². The predicted molar refractivity (Wildman–Crippen MR) is 77.2 cm³/mol. The van der Waals surface area contributed by atoms with E-state index in [2.05, 4.69) is 5.32 Å². The minimum absolute atomic E-state index is 0.188. The Morgan fingerprint density at radius 1 is 1.50 bits per heavy atom. The maximum atomic E-state index is 11.9. The van der Waals surface area contributed by atoms with E-state index in [9.17, 15) is 4.79 Å². The van der Waals surface area contributed by atoms with Crippen LogP contribution >= 0.6 is 11.6 Å². The number of ether oxygens (including phenoxy) is 2. The maximum Gasteiger partial charge on any atom is 0.261 e. The second-order valence-electron chi connectivity index (χ2n) is 4.51. The molecule has 0 aliphatic heterocycles. The van der Waals surface area contributed by atoms with Crippen molar-refractivity contribution in [1.29, 1.82) is 0 Å². The number of benzene rings is 1. The van der Waals surface area contributed by atoms with Gasteiger partial charge >= 0.3 is 0 Å². The number of hydrogen-bond donors (Lipinski definition) is 2. The highest BCUT2D eigenvalue weighted by atomic mass is 35.5. The molecule has 0 fully saturated rings. The Balaban J connectivity index is 2.61. The summed E-state index contributed by atoms with van der Waals surface area (Å²) in [5.41, 5.74) is 0.854. The summed E-state index contributed by atoms with van der Waals surface area (Å²) in [6.07, 6.45) is -0.680. The second kappa shape index (κ2) is 8.09. The van der Waals surface area contributed by atoms with Gasteiger partial charge < -0.3 is 19.9 Å². The van der Waals surface area contributed by atoms with E-state index >= 15 is 0 Å². The quantitative estimate of drug-likeness (QED) is 0.801. The predicted octanol–water partition coefficient (Wildman–Crippen LogP) is 1.54. The number of amides is 1. The van der Waals surface area contributed by atoms with Crippen molar-refractivity contribution in [2.24, 2.45) is 0 Å². The smallest absolute Gasteiger partial charge is 0.261 e. The van der Waals surface area contributed by atoms with Crippen molar-refractivity contribution in [2.75, 3.05) is 20.3 Å². The van der Waals surface area contributed by atoms with Gasteiger partial charge in [0.25, 0.3) is 5.91 Å². The van der Waals surface area contributed by atoms with E-state index in [1.807, 2.05) is 6.92 Å². The first-order valence-electron chi connectivity index (χ1n) is 6.31. The van der Waals surface area contributed by atoms with E-state index in [0.717, 1.165) is 5.56 Å². The van der Waals surface area contributed by atoms with E-state index in [1.165, 1.54) is 7.11 Å². The molecule has 1 aromatic carbocycles. The Labute approximate surface area is 123 Å². The molecule has 0 heterocycles. The summed E-state index contributed by atoms with van der Waals surface area (Å²) >= 11 is 5.86. The molecular formula is C14H20ClNO4. The molecule has 1 amide bonds. The number of methoxy groups -OCH3 is 1. The van der Waals surface area contributed by atoms with Crippen LogP contribution in [0, 0.1) is 6.92 Å². The molecule has 2 unspecified atom stereocenters. The Hall–Kier alpha value is -1.30. The molecule has 0 aromatic heterocycles. The summed E-state index contributed by atoms with van der Waals surface area (Å²) in [6.45, 7) is 3.55. The Morgan fingerprint density at radius 2 is 2.20 bits per heavy atom. The van der Waals surface area contributed by atoms with Gasteiger partial charge in [0.2, 0.25) is 0 Å². The van der Waals surface area contributed by atoms with Crippen LogP contribution in [0.5, 0.6) is 5.75 Å². The van der Waals surface area contributed by atoms with Gasteiger partial charge in [0.1, 0.15) is 5.75 Å². The average Bonchev–Trinajstić information content (AvgIpc) is 2.41. The Kier molecular flexibility index (Phi) is 6.78. The number of rotatable bonds is 7. The summed E-state index contributed by atoms with van der Waals surface area (Å²) in [5.74, 6) is 0.291. The van der Waals surface area contributed by atoms with Gasteiger partial charge in [-0.05, 0) is 37.6 Å². The standard InChI is InChI=1S/C14H20ClNO4/c1-9-6-11(15)4-5-13(9)20-10(2)14(18)16-12(7-17)8-19-3/h4-6,10,12,17H,7-8H2,1-3H3,(H,16,18). The summed E-state index contributed by atoms with van der Waals surface area (Å²) < 4.78 is 10.5. The second-order valence-corrected chi connectivity index (χ2v) is 4.95. The van der Waals surface area contributed by atoms with Gasteiger partial charge in [0.15, 0.2) is 6.10 Å². The van der Waals surface area contributed by atoms with Crippen molar-refractivity contribution in [3.63, 3.8) is 0 Å². The normalized spacial score (nSPS) is 13.7. The third kappa shape index (κ3) is 5.00. The molecular weight excluding hydrogens is 282 g/mol. The maximum absolute atomic E-state index is 11.9. The van der Waals surface area contributed by atoms with Crippen LogP contribution in [0.1, 0.15) is 12.5 Å². The number of carbonyl (C=O) groups is 1. The number of aliphatic hydroxyl groups excluding tert-OH is 1. The number of halogens is 1. The molecule has 0 saturated heterocycles. The van der Waals surface area contributed by atoms with Gasteiger partial charge in [-0.2, -0.15) is 0 Å². The topological polar surface area (TPSA) is 67.8 Å². The fraction of sp³-hybridized carbons (Fsp3) is 0.500. The highest BCUT2D eigenvalue weighted by Gasteiger charge is 2.19. The highest BCUT2D eigenvalue weighted by Crippen LogP contribution is 2.22. The van der Waals surface area contributed by atoms with Crippen LogP contribution < -0.4 is 10.1 Å². The molecule has 1 rings (SSSR count). The molecule has 2 N–H and O–H groups in total. The molecule has 0 radical (unpaired) electrons. The zero-order valence-corrected chi connectivity index (χ0v) is 12.6. The first-order valence-corrected chi connectivity index (χ1v) is 6.68. The number of hydrogen-bond acceptors (Lipinski definition) is 4. The highest BCUT2D eigenvalue weighted by molar-refractivity contribution is 6.30. The molecule has 1 aromatic rings. The van der Waals surface area contributed by atoms with Crippen molar-refractivity contribution in [2.45, 2.75) is 26.0 Å². The molecule has 20 heavy (non-hydrogen) atoms. The van der Waals surface area contributed by atoms with Crippen LogP contribution in [0.3, 0.4) is 0 Å². The average molecular weight is 302 g/mol. The molecule has 0 bridgehead atoms. The summed E-state index contributed by atoms with van der Waals surface area (Å²) in [5, 5.41) is 12.4. The third-order valence-corrected chi connectivity index (χ3v) is 2.98. The van der Waals surface area contributed by atoms with E-state index in [4.69, 9.17) is 26.2 Å². The summed E-state index contributed by atoms with van der Waals surface area (Å²) in [6, 6.07) is 4.75. The van der Waals surface area contributed by atoms with E-state index in [0.29, 0.717) is 10.8 Å². The monoisotopic (exact) mass is 301 g/mol. The van der Waals surface area contributed by atoms with E-state index in [-0.39, 0.29) is 19.1 Å². The van der Waals surface area contributed by atoms with E-state index < -0.39 is 12.1 Å². The Bertz CT molecular complexity index is 453. The first-order chi connectivity index (χ1) is 9.47. The van der Waals surface area contributed by atoms with Crippen molar-refractivity contribution in [3.05, 3.63) is 28.8 Å². The lowest BCUT2D eigenvalue weighted by atomic mass is 10.2. The van der Waals surface area contributed by atoms with Gasteiger partial charge in [-0.15, -0.1) is 0 Å². The molecule has 0 spiro atoms. The van der Waals surface area contributed by atoms with Crippen molar-refractivity contribution in [1.82, 2.24) is 5.32 Å². The number of carbonyl (C=O) groups excluding carboxylic acids is 1. The molecule has 0 saturated carbocycles. The number of aryl methyl sites for hydroxylation is 1. The molecule has 0 aliphatic carbocycles. The number of nitrogens with one attached hydrogen (secondary N) is 1. The van der Waals surface area contributed by atoms with Gasteiger partial charge in [-0.1, -0.05) is 11.6 Å².